The molecule has 5 heteroatoms. The second-order valence-corrected chi connectivity index (χ2v) is 7.98. The molecule has 0 fully saturated rings. The van der Waals surface area contributed by atoms with Crippen LogP contribution in [0.3, 0.4) is 0 Å². The second-order valence-electron chi connectivity index (χ2n) is 6.03. The van der Waals surface area contributed by atoms with Gasteiger partial charge < -0.3 is 5.32 Å². The molecule has 4 aromatic rings. The molecule has 0 atom stereocenters. The van der Waals surface area contributed by atoms with Crippen LogP contribution in [0.5, 0.6) is 0 Å². The van der Waals surface area contributed by atoms with Crippen molar-refractivity contribution in [1.82, 2.24) is 4.98 Å². The van der Waals surface area contributed by atoms with E-state index >= 15 is 0 Å². The number of hydrogen-bond acceptors (Lipinski definition) is 3. The van der Waals surface area contributed by atoms with Gasteiger partial charge in [0.15, 0.2) is 0 Å². The molecule has 3 nitrogen and oxygen atoms in total. The van der Waals surface area contributed by atoms with Crippen LogP contribution in [0.25, 0.3) is 20.8 Å². The topological polar surface area (TPSA) is 42.0 Å². The Labute approximate surface area is 163 Å². The van der Waals surface area contributed by atoms with E-state index in [1.165, 1.54) is 10.3 Å². The molecule has 1 amide bonds. The Morgan fingerprint density at radius 1 is 1.04 bits per heavy atom. The van der Waals surface area contributed by atoms with Crippen molar-refractivity contribution < 1.29 is 4.79 Å². The van der Waals surface area contributed by atoms with E-state index in [0.29, 0.717) is 5.56 Å². The molecule has 1 aromatic heterocycles. The van der Waals surface area contributed by atoms with Crippen LogP contribution >= 0.6 is 27.3 Å². The minimum absolute atomic E-state index is 0.130. The van der Waals surface area contributed by atoms with Gasteiger partial charge in [0, 0.05) is 21.3 Å². The molecule has 128 valence electrons. The zero-order valence-corrected chi connectivity index (χ0v) is 16.4. The molecule has 0 bridgehead atoms. The highest BCUT2D eigenvalue weighted by Crippen LogP contribution is 2.31. The quantitative estimate of drug-likeness (QED) is 0.421. The van der Waals surface area contributed by atoms with Gasteiger partial charge in [0.1, 0.15) is 5.01 Å². The minimum Gasteiger partial charge on any atom is -0.322 e. The zero-order valence-electron chi connectivity index (χ0n) is 14.0. The Morgan fingerprint density at radius 2 is 1.85 bits per heavy atom. The molecule has 1 heterocycles. The number of amides is 1. The second kappa shape index (κ2) is 7.02. The van der Waals surface area contributed by atoms with Crippen LogP contribution in [0.15, 0.2) is 71.2 Å². The van der Waals surface area contributed by atoms with E-state index in [-0.39, 0.29) is 5.91 Å². The summed E-state index contributed by atoms with van der Waals surface area (Å²) in [5.41, 5.74) is 4.67. The fourth-order valence-corrected chi connectivity index (χ4v) is 4.15. The van der Waals surface area contributed by atoms with E-state index in [1.807, 2.05) is 36.4 Å². The van der Waals surface area contributed by atoms with Crippen molar-refractivity contribution in [3.05, 3.63) is 82.3 Å². The fourth-order valence-electron chi connectivity index (χ4n) is 2.68. The number of benzene rings is 3. The third kappa shape index (κ3) is 3.54. The first-order chi connectivity index (χ1) is 12.6. The predicted octanol–water partition coefficient (Wildman–Crippen LogP) is 6.29. The summed E-state index contributed by atoms with van der Waals surface area (Å²) in [4.78, 5) is 17.0. The first-order valence-corrected chi connectivity index (χ1v) is 9.74. The van der Waals surface area contributed by atoms with E-state index < -0.39 is 0 Å². The lowest BCUT2D eigenvalue weighted by Crippen LogP contribution is -2.11. The molecule has 0 radical (unpaired) electrons. The van der Waals surface area contributed by atoms with Crippen molar-refractivity contribution in [2.75, 3.05) is 5.32 Å². The van der Waals surface area contributed by atoms with E-state index in [2.05, 4.69) is 46.4 Å². The number of halogens is 1. The first kappa shape index (κ1) is 16.9. The summed E-state index contributed by atoms with van der Waals surface area (Å²) in [7, 11) is 0. The molecule has 0 aliphatic rings. The fraction of sp³-hybridized carbons (Fsp3) is 0.0476. The van der Waals surface area contributed by atoms with Gasteiger partial charge in [-0.05, 0) is 67.1 Å². The molecule has 1 N–H and O–H groups in total. The highest BCUT2D eigenvalue weighted by Gasteiger charge is 2.09. The average Bonchev–Trinajstić information content (AvgIpc) is 3.05. The van der Waals surface area contributed by atoms with Crippen LogP contribution in [0, 0.1) is 6.92 Å². The highest BCUT2D eigenvalue weighted by molar-refractivity contribution is 9.10. The number of carbonyl (C=O) groups is 1. The maximum absolute atomic E-state index is 12.3. The maximum Gasteiger partial charge on any atom is 0.255 e. The van der Waals surface area contributed by atoms with Crippen LogP contribution in [-0.4, -0.2) is 10.9 Å². The molecule has 3 aromatic carbocycles. The van der Waals surface area contributed by atoms with Crippen molar-refractivity contribution in [3.8, 4) is 10.6 Å². The number of aryl methyl sites for hydroxylation is 1. The third-order valence-electron chi connectivity index (χ3n) is 4.02. The molecular weight excluding hydrogens is 408 g/mol. The Balaban J connectivity index is 1.55. The van der Waals surface area contributed by atoms with Gasteiger partial charge >= 0.3 is 0 Å². The minimum atomic E-state index is -0.130. The lowest BCUT2D eigenvalue weighted by Gasteiger charge is -2.06. The summed E-state index contributed by atoms with van der Waals surface area (Å²) in [5, 5.41) is 3.90. The summed E-state index contributed by atoms with van der Waals surface area (Å²) < 4.78 is 2.07. The van der Waals surface area contributed by atoms with Crippen molar-refractivity contribution in [2.24, 2.45) is 0 Å². The molecule has 0 unspecified atom stereocenters. The van der Waals surface area contributed by atoms with Crippen LogP contribution in [-0.2, 0) is 0 Å². The van der Waals surface area contributed by atoms with E-state index in [0.717, 1.165) is 26.2 Å². The van der Waals surface area contributed by atoms with E-state index in [9.17, 15) is 4.79 Å². The highest BCUT2D eigenvalue weighted by atomic mass is 79.9. The zero-order chi connectivity index (χ0) is 18.1. The molecule has 0 spiro atoms. The molecule has 26 heavy (non-hydrogen) atoms. The number of hydrogen-bond donors (Lipinski definition) is 1. The van der Waals surface area contributed by atoms with Gasteiger partial charge in [-0.25, -0.2) is 4.98 Å². The molecule has 4 rings (SSSR count). The number of nitrogens with one attached hydrogen (secondary N) is 1. The van der Waals surface area contributed by atoms with E-state index in [1.54, 1.807) is 23.5 Å². The van der Waals surface area contributed by atoms with Crippen LogP contribution in [0.4, 0.5) is 5.69 Å². The summed E-state index contributed by atoms with van der Waals surface area (Å²) in [6.07, 6.45) is 0. The van der Waals surface area contributed by atoms with Gasteiger partial charge in [0.2, 0.25) is 0 Å². The Morgan fingerprint density at radius 3 is 2.62 bits per heavy atom. The average molecular weight is 423 g/mol. The Hall–Kier alpha value is -2.50. The smallest absolute Gasteiger partial charge is 0.255 e. The number of aromatic nitrogens is 1. The number of carbonyl (C=O) groups excluding carboxylic acids is 1. The normalized spacial score (nSPS) is 10.8. The Bertz CT molecular complexity index is 1100. The van der Waals surface area contributed by atoms with Crippen molar-refractivity contribution >= 4 is 49.1 Å². The number of thiazole rings is 1. The van der Waals surface area contributed by atoms with Crippen LogP contribution < -0.4 is 5.32 Å². The number of anilines is 1. The van der Waals surface area contributed by atoms with Gasteiger partial charge in [-0.3, -0.25) is 4.79 Å². The monoisotopic (exact) mass is 422 g/mol. The van der Waals surface area contributed by atoms with Crippen LogP contribution in [0.1, 0.15) is 15.9 Å². The molecule has 0 saturated carbocycles. The van der Waals surface area contributed by atoms with Gasteiger partial charge in [0.05, 0.1) is 10.2 Å². The lowest BCUT2D eigenvalue weighted by molar-refractivity contribution is 0.102. The number of nitrogens with zero attached hydrogens (tertiary/aromatic N) is 1. The molecule has 0 saturated heterocycles. The van der Waals surface area contributed by atoms with Gasteiger partial charge in [-0.15, -0.1) is 11.3 Å². The van der Waals surface area contributed by atoms with Gasteiger partial charge in [-0.1, -0.05) is 28.1 Å². The lowest BCUT2D eigenvalue weighted by atomic mass is 10.2. The molecule has 0 aliphatic heterocycles. The first-order valence-electron chi connectivity index (χ1n) is 8.13. The van der Waals surface area contributed by atoms with Crippen molar-refractivity contribution in [2.45, 2.75) is 6.92 Å². The van der Waals surface area contributed by atoms with Gasteiger partial charge in [-0.2, -0.15) is 0 Å². The number of fused-ring (bicyclic) bond motifs is 1. The summed E-state index contributed by atoms with van der Waals surface area (Å²) in [6, 6.07) is 21.4. The maximum atomic E-state index is 12.3. The number of rotatable bonds is 3. The summed E-state index contributed by atoms with van der Waals surface area (Å²) >= 11 is 5.06. The SMILES string of the molecule is Cc1ccc2nc(-c3ccc(NC(=O)c4cccc(Br)c4)cc3)sc2c1. The molecule has 0 aliphatic carbocycles. The molecular formula is C21H15BrN2OS. The van der Waals surface area contributed by atoms with Crippen molar-refractivity contribution in [1.29, 1.82) is 0 Å². The summed E-state index contributed by atoms with van der Waals surface area (Å²) in [6.45, 7) is 2.08. The van der Waals surface area contributed by atoms with Crippen LogP contribution in [0.2, 0.25) is 0 Å². The third-order valence-corrected chi connectivity index (χ3v) is 5.58. The summed E-state index contributed by atoms with van der Waals surface area (Å²) in [5.74, 6) is -0.130. The van der Waals surface area contributed by atoms with Gasteiger partial charge in [0.25, 0.3) is 5.91 Å². The largest absolute Gasteiger partial charge is 0.322 e. The standard InChI is InChI=1S/C21H15BrN2OS/c1-13-5-10-18-19(11-13)26-21(24-18)14-6-8-17(9-7-14)23-20(25)15-3-2-4-16(22)12-15/h2-12H,1H3,(H,23,25). The predicted molar refractivity (Wildman–Crippen MR) is 112 cm³/mol. The van der Waals surface area contributed by atoms with Crippen molar-refractivity contribution in [3.63, 3.8) is 0 Å². The van der Waals surface area contributed by atoms with E-state index in [4.69, 9.17) is 4.98 Å². The Kier molecular flexibility index (Phi) is 4.57.